The molecule has 8 N–H and O–H groups in total. The molecule has 0 rings (SSSR count). The molecule has 0 aliphatic heterocycles. The molecule has 0 aromatic rings. The first kappa shape index (κ1) is 24.1. The summed E-state index contributed by atoms with van der Waals surface area (Å²) in [5, 5.41) is 33.8. The normalized spacial score (nSPS) is 15.5. The topological polar surface area (TPSA) is 191 Å². The van der Waals surface area contributed by atoms with Crippen molar-refractivity contribution >= 4 is 36.3 Å². The molecule has 0 bridgehead atoms. The molecule has 0 aliphatic carbocycles. The first-order valence-corrected chi connectivity index (χ1v) is 8.44. The molecule has 0 saturated heterocycles. The number of nitrogens with two attached hydrogens (primary N) is 1. The SMILES string of the molecule is CC(C)C(NC(=O)C(CS)NC(=O)C(CO)NC(=O)C(N)CO)C(=O)O. The van der Waals surface area contributed by atoms with Gasteiger partial charge in [-0.05, 0) is 5.92 Å². The number of aliphatic hydroxyl groups is 2. The fraction of sp³-hybridized carbons (Fsp3) is 0.714. The maximum Gasteiger partial charge on any atom is 0.326 e. The molecule has 26 heavy (non-hydrogen) atoms. The number of carboxylic acids is 1. The van der Waals surface area contributed by atoms with Crippen LogP contribution in [0.1, 0.15) is 13.8 Å². The highest BCUT2D eigenvalue weighted by molar-refractivity contribution is 7.80. The van der Waals surface area contributed by atoms with Crippen LogP contribution in [0.3, 0.4) is 0 Å². The fourth-order valence-electron chi connectivity index (χ4n) is 1.79. The van der Waals surface area contributed by atoms with E-state index in [1.807, 2.05) is 0 Å². The lowest BCUT2D eigenvalue weighted by atomic mass is 10.0. The molecule has 0 saturated carbocycles. The van der Waals surface area contributed by atoms with E-state index in [1.165, 1.54) is 0 Å². The number of amides is 3. The van der Waals surface area contributed by atoms with Crippen LogP contribution < -0.4 is 21.7 Å². The lowest BCUT2D eigenvalue weighted by molar-refractivity contribution is -0.143. The molecule has 4 atom stereocenters. The molecule has 0 aromatic heterocycles. The largest absolute Gasteiger partial charge is 0.480 e. The van der Waals surface area contributed by atoms with Gasteiger partial charge in [0.05, 0.1) is 13.2 Å². The van der Waals surface area contributed by atoms with E-state index in [4.69, 9.17) is 15.9 Å². The second-order valence-electron chi connectivity index (χ2n) is 5.85. The molecule has 0 aromatic carbocycles. The van der Waals surface area contributed by atoms with Gasteiger partial charge in [-0.3, -0.25) is 14.4 Å². The Labute approximate surface area is 156 Å². The van der Waals surface area contributed by atoms with Gasteiger partial charge in [0.25, 0.3) is 0 Å². The van der Waals surface area contributed by atoms with Crippen LogP contribution in [0, 0.1) is 5.92 Å². The van der Waals surface area contributed by atoms with E-state index >= 15 is 0 Å². The molecular formula is C14H26N4O7S. The Hall–Kier alpha value is -1.89. The van der Waals surface area contributed by atoms with Gasteiger partial charge in [0.2, 0.25) is 17.7 Å². The zero-order valence-electron chi connectivity index (χ0n) is 14.5. The zero-order chi connectivity index (χ0) is 20.4. The number of aliphatic carboxylic acids is 1. The third-order valence-electron chi connectivity index (χ3n) is 3.40. The Balaban J connectivity index is 4.95. The van der Waals surface area contributed by atoms with Crippen molar-refractivity contribution in [3.05, 3.63) is 0 Å². The van der Waals surface area contributed by atoms with Crippen molar-refractivity contribution in [1.29, 1.82) is 0 Å². The van der Waals surface area contributed by atoms with E-state index in [9.17, 15) is 24.3 Å². The van der Waals surface area contributed by atoms with Crippen LogP contribution in [0.5, 0.6) is 0 Å². The van der Waals surface area contributed by atoms with E-state index in [-0.39, 0.29) is 5.75 Å². The maximum atomic E-state index is 12.2. The summed E-state index contributed by atoms with van der Waals surface area (Å²) >= 11 is 3.95. The monoisotopic (exact) mass is 394 g/mol. The summed E-state index contributed by atoms with van der Waals surface area (Å²) in [5.41, 5.74) is 5.30. The first-order valence-electron chi connectivity index (χ1n) is 7.81. The second-order valence-corrected chi connectivity index (χ2v) is 6.21. The quantitative estimate of drug-likeness (QED) is 0.165. The summed E-state index contributed by atoms with van der Waals surface area (Å²) in [6, 6.07) is -5.03. The van der Waals surface area contributed by atoms with Crippen LogP contribution in [0.2, 0.25) is 0 Å². The van der Waals surface area contributed by atoms with Gasteiger partial charge in [-0.15, -0.1) is 0 Å². The Morgan fingerprint density at radius 2 is 1.42 bits per heavy atom. The average molecular weight is 394 g/mol. The van der Waals surface area contributed by atoms with Crippen LogP contribution in [-0.4, -0.2) is 82.1 Å². The predicted octanol–water partition coefficient (Wildman–Crippen LogP) is -3.58. The lowest BCUT2D eigenvalue weighted by Gasteiger charge is -2.24. The standard InChI is InChI=1S/C14H26N4O7S/c1-6(2)10(14(24)25)18-13(23)9(5-26)17-12(22)8(4-20)16-11(21)7(15)3-19/h6-10,19-20,26H,3-5,15H2,1-2H3,(H,16,21)(H,17,22)(H,18,23)(H,24,25). The van der Waals surface area contributed by atoms with Gasteiger partial charge in [-0.1, -0.05) is 13.8 Å². The number of carboxylic acid groups (broad SMARTS) is 1. The molecule has 12 heteroatoms. The minimum Gasteiger partial charge on any atom is -0.480 e. The number of carbonyl (C=O) groups is 4. The van der Waals surface area contributed by atoms with Crippen LogP contribution in [-0.2, 0) is 19.2 Å². The molecule has 150 valence electrons. The number of aliphatic hydroxyl groups excluding tert-OH is 2. The average Bonchev–Trinajstić information content (AvgIpc) is 2.59. The van der Waals surface area contributed by atoms with Gasteiger partial charge in [0.15, 0.2) is 0 Å². The number of carbonyl (C=O) groups excluding carboxylic acids is 3. The van der Waals surface area contributed by atoms with Crippen LogP contribution in [0.25, 0.3) is 0 Å². The Bertz CT molecular complexity index is 518. The number of hydrogen-bond acceptors (Lipinski definition) is 8. The summed E-state index contributed by atoms with van der Waals surface area (Å²) < 4.78 is 0. The second kappa shape index (κ2) is 11.7. The maximum absolute atomic E-state index is 12.2. The van der Waals surface area contributed by atoms with E-state index in [0.717, 1.165) is 0 Å². The zero-order valence-corrected chi connectivity index (χ0v) is 15.4. The Morgan fingerprint density at radius 1 is 0.923 bits per heavy atom. The van der Waals surface area contributed by atoms with Crippen molar-refractivity contribution in [1.82, 2.24) is 16.0 Å². The highest BCUT2D eigenvalue weighted by Gasteiger charge is 2.30. The summed E-state index contributed by atoms with van der Waals surface area (Å²) in [5.74, 6) is -4.29. The fourth-order valence-corrected chi connectivity index (χ4v) is 2.05. The van der Waals surface area contributed by atoms with Crippen molar-refractivity contribution < 1.29 is 34.5 Å². The minimum absolute atomic E-state index is 0.149. The summed E-state index contributed by atoms with van der Waals surface area (Å²) in [6.45, 7) is 1.78. The van der Waals surface area contributed by atoms with Gasteiger partial charge in [-0.2, -0.15) is 12.6 Å². The van der Waals surface area contributed by atoms with Crippen molar-refractivity contribution in [2.75, 3.05) is 19.0 Å². The third-order valence-corrected chi connectivity index (χ3v) is 3.76. The van der Waals surface area contributed by atoms with Gasteiger partial charge in [0.1, 0.15) is 24.2 Å². The predicted molar refractivity (Wildman–Crippen MR) is 94.3 cm³/mol. The van der Waals surface area contributed by atoms with E-state index in [1.54, 1.807) is 13.8 Å². The molecular weight excluding hydrogens is 368 g/mol. The molecule has 0 heterocycles. The third kappa shape index (κ3) is 7.56. The van der Waals surface area contributed by atoms with Crippen LogP contribution >= 0.6 is 12.6 Å². The number of thiol groups is 1. The van der Waals surface area contributed by atoms with Gasteiger partial charge < -0.3 is 37.0 Å². The first-order chi connectivity index (χ1) is 12.1. The van der Waals surface area contributed by atoms with Crippen LogP contribution in [0.4, 0.5) is 0 Å². The van der Waals surface area contributed by atoms with E-state index in [0.29, 0.717) is 0 Å². The van der Waals surface area contributed by atoms with Crippen molar-refractivity contribution in [3.63, 3.8) is 0 Å². The van der Waals surface area contributed by atoms with Gasteiger partial charge in [0, 0.05) is 5.75 Å². The van der Waals surface area contributed by atoms with Gasteiger partial charge in [-0.25, -0.2) is 4.79 Å². The highest BCUT2D eigenvalue weighted by Crippen LogP contribution is 2.03. The Kier molecular flexibility index (Phi) is 10.8. The minimum atomic E-state index is -1.41. The van der Waals surface area contributed by atoms with Crippen molar-refractivity contribution in [3.8, 4) is 0 Å². The molecule has 4 unspecified atom stereocenters. The van der Waals surface area contributed by atoms with Crippen molar-refractivity contribution in [2.24, 2.45) is 11.7 Å². The summed E-state index contributed by atoms with van der Waals surface area (Å²) in [7, 11) is 0. The molecule has 0 radical (unpaired) electrons. The van der Waals surface area contributed by atoms with Crippen molar-refractivity contribution in [2.45, 2.75) is 38.0 Å². The molecule has 3 amide bonds. The smallest absolute Gasteiger partial charge is 0.326 e. The summed E-state index contributed by atoms with van der Waals surface area (Å²) in [4.78, 5) is 47.0. The summed E-state index contributed by atoms with van der Waals surface area (Å²) in [6.07, 6.45) is 0. The number of hydrogen-bond donors (Lipinski definition) is 8. The van der Waals surface area contributed by atoms with E-state index in [2.05, 4.69) is 28.6 Å². The number of rotatable bonds is 11. The molecule has 0 spiro atoms. The molecule has 11 nitrogen and oxygen atoms in total. The molecule has 0 fully saturated rings. The molecule has 0 aliphatic rings. The lowest BCUT2D eigenvalue weighted by Crippen LogP contribution is -2.59. The van der Waals surface area contributed by atoms with E-state index < -0.39 is 67.0 Å². The van der Waals surface area contributed by atoms with Crippen LogP contribution in [0.15, 0.2) is 0 Å². The van der Waals surface area contributed by atoms with Gasteiger partial charge >= 0.3 is 5.97 Å². The highest BCUT2D eigenvalue weighted by atomic mass is 32.1. The Morgan fingerprint density at radius 3 is 1.81 bits per heavy atom. The number of nitrogens with one attached hydrogen (secondary N) is 3.